The molecule has 0 aromatic heterocycles. The fourth-order valence-corrected chi connectivity index (χ4v) is 1.41. The van der Waals surface area contributed by atoms with Crippen molar-refractivity contribution in [2.45, 2.75) is 19.9 Å². The summed E-state index contributed by atoms with van der Waals surface area (Å²) in [7, 11) is 1.45. The van der Waals surface area contributed by atoms with Gasteiger partial charge < -0.3 is 5.32 Å². The molecule has 7 nitrogen and oxygen atoms in total. The molecule has 0 aliphatic heterocycles. The molecule has 0 aliphatic carbocycles. The molecule has 1 aromatic carbocycles. The summed E-state index contributed by atoms with van der Waals surface area (Å²) in [4.78, 5) is 22.7. The van der Waals surface area contributed by atoms with Crippen molar-refractivity contribution in [1.29, 1.82) is 5.26 Å². The zero-order valence-electron chi connectivity index (χ0n) is 11.5. The molecule has 0 unspecified atom stereocenters. The van der Waals surface area contributed by atoms with Crippen LogP contribution in [0.2, 0.25) is 0 Å². The van der Waals surface area contributed by atoms with Gasteiger partial charge in [0.2, 0.25) is 5.91 Å². The second kappa shape index (κ2) is 6.99. The van der Waals surface area contributed by atoms with Gasteiger partial charge in [0.05, 0.1) is 17.3 Å². The van der Waals surface area contributed by atoms with Crippen molar-refractivity contribution in [3.8, 4) is 6.07 Å². The van der Waals surface area contributed by atoms with Crippen LogP contribution in [0.4, 0.5) is 5.69 Å². The van der Waals surface area contributed by atoms with Crippen LogP contribution < -0.4 is 5.32 Å². The van der Waals surface area contributed by atoms with Gasteiger partial charge in [-0.15, -0.1) is 5.11 Å². The normalized spacial score (nSPS) is 11.7. The first-order chi connectivity index (χ1) is 9.43. The molecule has 1 rings (SSSR count). The molecular formula is C13H15N5O2. The summed E-state index contributed by atoms with van der Waals surface area (Å²) in [5.74, 6) is -0.666. The fourth-order valence-electron chi connectivity index (χ4n) is 1.41. The van der Waals surface area contributed by atoms with Crippen LogP contribution in [0.25, 0.3) is 0 Å². The maximum Gasteiger partial charge on any atom is 0.266 e. The second-order valence-corrected chi connectivity index (χ2v) is 4.13. The van der Waals surface area contributed by atoms with Gasteiger partial charge in [0.15, 0.2) is 0 Å². The van der Waals surface area contributed by atoms with E-state index in [9.17, 15) is 9.59 Å². The van der Waals surface area contributed by atoms with Gasteiger partial charge in [0, 0.05) is 14.0 Å². The number of nitriles is 1. The van der Waals surface area contributed by atoms with E-state index >= 15 is 0 Å². The van der Waals surface area contributed by atoms with Crippen molar-refractivity contribution in [2.75, 3.05) is 7.05 Å². The molecule has 0 heterocycles. The molecule has 1 N–H and O–H groups in total. The van der Waals surface area contributed by atoms with Crippen molar-refractivity contribution < 1.29 is 9.59 Å². The van der Waals surface area contributed by atoms with E-state index in [2.05, 4.69) is 15.7 Å². The highest BCUT2D eigenvalue weighted by atomic mass is 16.2. The number of nitrogens with zero attached hydrogens (tertiary/aromatic N) is 4. The Bertz CT molecular complexity index is 559. The van der Waals surface area contributed by atoms with Gasteiger partial charge in [-0.05, 0) is 31.2 Å². The Morgan fingerprint density at radius 1 is 1.35 bits per heavy atom. The largest absolute Gasteiger partial charge is 0.345 e. The van der Waals surface area contributed by atoms with E-state index in [-0.39, 0.29) is 11.8 Å². The van der Waals surface area contributed by atoms with Crippen LogP contribution in [0.3, 0.4) is 0 Å². The molecule has 0 spiro atoms. The average Bonchev–Trinajstić information content (AvgIpc) is 2.43. The van der Waals surface area contributed by atoms with Gasteiger partial charge >= 0.3 is 0 Å². The molecule has 20 heavy (non-hydrogen) atoms. The molecule has 0 saturated carbocycles. The molecule has 0 bridgehead atoms. The quantitative estimate of drug-likeness (QED) is 0.665. The maximum absolute atomic E-state index is 11.8. The van der Waals surface area contributed by atoms with Crippen LogP contribution in [0, 0.1) is 11.3 Å². The summed E-state index contributed by atoms with van der Waals surface area (Å²) in [5, 5.41) is 19.8. The van der Waals surface area contributed by atoms with Gasteiger partial charge in [0.25, 0.3) is 5.91 Å². The van der Waals surface area contributed by atoms with Crippen LogP contribution in [-0.4, -0.2) is 29.9 Å². The minimum absolute atomic E-state index is 0.289. The van der Waals surface area contributed by atoms with E-state index in [1.807, 2.05) is 6.07 Å². The Kier molecular flexibility index (Phi) is 5.35. The van der Waals surface area contributed by atoms with Crippen molar-refractivity contribution in [1.82, 2.24) is 10.3 Å². The third-order valence-electron chi connectivity index (χ3n) is 2.40. The van der Waals surface area contributed by atoms with E-state index in [4.69, 9.17) is 5.26 Å². The number of hydrogen-bond donors (Lipinski definition) is 1. The molecule has 1 atom stereocenters. The zero-order valence-corrected chi connectivity index (χ0v) is 11.5. The molecule has 7 heteroatoms. The first kappa shape index (κ1) is 15.3. The molecule has 2 amide bonds. The number of carbonyl (C=O) groups excluding carboxylic acids is 2. The van der Waals surface area contributed by atoms with Gasteiger partial charge in [-0.25, -0.2) is 5.01 Å². The van der Waals surface area contributed by atoms with Gasteiger partial charge in [-0.1, -0.05) is 5.22 Å². The Balaban J connectivity index is 2.66. The van der Waals surface area contributed by atoms with Gasteiger partial charge in [-0.2, -0.15) is 5.26 Å². The fraction of sp³-hybridized carbons (Fsp3) is 0.308. The Labute approximate surface area is 116 Å². The lowest BCUT2D eigenvalue weighted by molar-refractivity contribution is -0.134. The first-order valence-electron chi connectivity index (χ1n) is 5.90. The van der Waals surface area contributed by atoms with E-state index in [0.29, 0.717) is 11.3 Å². The summed E-state index contributed by atoms with van der Waals surface area (Å²) in [5.41, 5.74) is 1.04. The lowest BCUT2D eigenvalue weighted by Gasteiger charge is -2.15. The van der Waals surface area contributed by atoms with E-state index in [1.165, 1.54) is 14.0 Å². The van der Waals surface area contributed by atoms with Crippen LogP contribution in [-0.2, 0) is 9.59 Å². The molecule has 0 radical (unpaired) electrons. The van der Waals surface area contributed by atoms with Crippen LogP contribution >= 0.6 is 0 Å². The number of amides is 2. The highest BCUT2D eigenvalue weighted by Crippen LogP contribution is 2.13. The number of likely N-dealkylation sites (N-methyl/N-ethyl adjacent to an activating group) is 1. The van der Waals surface area contributed by atoms with Gasteiger partial charge in [0.1, 0.15) is 6.04 Å². The van der Waals surface area contributed by atoms with Crippen molar-refractivity contribution in [2.24, 2.45) is 10.3 Å². The third kappa shape index (κ3) is 4.49. The number of rotatable bonds is 4. The zero-order chi connectivity index (χ0) is 15.1. The number of nitrogens with one attached hydrogen (secondary N) is 1. The van der Waals surface area contributed by atoms with Crippen LogP contribution in [0.15, 0.2) is 34.6 Å². The van der Waals surface area contributed by atoms with Crippen LogP contribution in [0.5, 0.6) is 0 Å². The summed E-state index contributed by atoms with van der Waals surface area (Å²) in [6, 6.07) is 7.78. The predicted molar refractivity (Wildman–Crippen MR) is 71.7 cm³/mol. The van der Waals surface area contributed by atoms with Crippen molar-refractivity contribution >= 4 is 17.5 Å². The molecular weight excluding hydrogens is 258 g/mol. The number of hydrogen-bond acceptors (Lipinski definition) is 5. The third-order valence-corrected chi connectivity index (χ3v) is 2.40. The molecule has 0 fully saturated rings. The van der Waals surface area contributed by atoms with E-state index in [0.717, 1.165) is 5.01 Å². The minimum Gasteiger partial charge on any atom is -0.345 e. The average molecular weight is 273 g/mol. The highest BCUT2D eigenvalue weighted by molar-refractivity contribution is 5.86. The lowest BCUT2D eigenvalue weighted by atomic mass is 10.2. The molecule has 0 aliphatic rings. The Hall–Kier alpha value is -2.75. The lowest BCUT2D eigenvalue weighted by Crippen LogP contribution is -2.42. The summed E-state index contributed by atoms with van der Waals surface area (Å²) < 4.78 is 0. The smallest absolute Gasteiger partial charge is 0.266 e. The van der Waals surface area contributed by atoms with Crippen molar-refractivity contribution in [3.05, 3.63) is 29.8 Å². The predicted octanol–water partition coefficient (Wildman–Crippen LogP) is 1.54. The van der Waals surface area contributed by atoms with E-state index < -0.39 is 6.04 Å². The summed E-state index contributed by atoms with van der Waals surface area (Å²) in [6.07, 6.45) is 0. The highest BCUT2D eigenvalue weighted by Gasteiger charge is 2.17. The summed E-state index contributed by atoms with van der Waals surface area (Å²) in [6.45, 7) is 2.90. The maximum atomic E-state index is 11.8. The molecule has 104 valence electrons. The van der Waals surface area contributed by atoms with Gasteiger partial charge in [-0.3, -0.25) is 9.59 Å². The van der Waals surface area contributed by atoms with Crippen LogP contribution in [0.1, 0.15) is 19.4 Å². The number of carbonyl (C=O) groups is 2. The monoisotopic (exact) mass is 273 g/mol. The number of benzene rings is 1. The first-order valence-corrected chi connectivity index (χ1v) is 5.90. The van der Waals surface area contributed by atoms with E-state index in [1.54, 1.807) is 31.2 Å². The minimum atomic E-state index is -0.669. The molecule has 1 aromatic rings. The summed E-state index contributed by atoms with van der Waals surface area (Å²) >= 11 is 0. The Morgan fingerprint density at radius 2 is 1.95 bits per heavy atom. The SMILES string of the molecule is CC(=O)N[C@@H](C)C(=O)N(C)N=Nc1ccc(C#N)cc1. The Morgan fingerprint density at radius 3 is 2.45 bits per heavy atom. The standard InChI is InChI=1S/C13H15N5O2/c1-9(15-10(2)19)13(20)18(3)17-16-12-6-4-11(8-14)5-7-12/h4-7,9H,1-3H3,(H,15,19)/t9-/m0/s1. The molecule has 0 saturated heterocycles. The topological polar surface area (TPSA) is 97.9 Å². The second-order valence-electron chi connectivity index (χ2n) is 4.13. The van der Waals surface area contributed by atoms with Crippen molar-refractivity contribution in [3.63, 3.8) is 0 Å².